The van der Waals surface area contributed by atoms with Crippen LogP contribution < -0.4 is 0 Å². The van der Waals surface area contributed by atoms with Crippen molar-refractivity contribution in [2.75, 3.05) is 19.8 Å². The van der Waals surface area contributed by atoms with Crippen molar-refractivity contribution in [2.45, 2.75) is 32.0 Å². The van der Waals surface area contributed by atoms with Gasteiger partial charge < -0.3 is 18.7 Å². The molecule has 0 aliphatic carbocycles. The zero-order chi connectivity index (χ0) is 14.7. The second-order valence-electron chi connectivity index (χ2n) is 5.48. The van der Waals surface area contributed by atoms with Crippen LogP contribution in [0, 0.1) is 6.92 Å². The summed E-state index contributed by atoms with van der Waals surface area (Å²) >= 11 is 0. The molecule has 1 saturated heterocycles. The summed E-state index contributed by atoms with van der Waals surface area (Å²) in [6.45, 7) is 4.87. The molecule has 1 aliphatic heterocycles. The van der Waals surface area contributed by atoms with Gasteiger partial charge in [0.25, 0.3) is 0 Å². The Bertz CT molecular complexity index is 548. The molecule has 2 aromatic rings. The molecule has 0 radical (unpaired) electrons. The summed E-state index contributed by atoms with van der Waals surface area (Å²) in [5.74, 6) is 2.48. The van der Waals surface area contributed by atoms with Gasteiger partial charge in [0.05, 0.1) is 26.0 Å². The molecular formula is C16H21NO4. The van der Waals surface area contributed by atoms with Gasteiger partial charge in [-0.3, -0.25) is 4.90 Å². The number of rotatable bonds is 5. The largest absolute Gasteiger partial charge is 0.467 e. The highest BCUT2D eigenvalue weighted by Gasteiger charge is 2.27. The van der Waals surface area contributed by atoms with E-state index in [1.807, 2.05) is 19.1 Å². The van der Waals surface area contributed by atoms with E-state index in [1.165, 1.54) is 0 Å². The maximum atomic E-state index is 10.3. The van der Waals surface area contributed by atoms with Gasteiger partial charge in [-0.2, -0.15) is 0 Å². The van der Waals surface area contributed by atoms with Crippen LogP contribution in [0.15, 0.2) is 39.4 Å². The zero-order valence-electron chi connectivity index (χ0n) is 12.2. The molecule has 1 fully saturated rings. The predicted molar refractivity (Wildman–Crippen MR) is 76.7 cm³/mol. The third-order valence-electron chi connectivity index (χ3n) is 3.87. The quantitative estimate of drug-likeness (QED) is 0.917. The zero-order valence-corrected chi connectivity index (χ0v) is 12.2. The summed E-state index contributed by atoms with van der Waals surface area (Å²) in [6, 6.07) is 7.73. The molecule has 3 heterocycles. The lowest BCUT2D eigenvalue weighted by Gasteiger charge is -2.35. The highest BCUT2D eigenvalue weighted by atomic mass is 16.5. The van der Waals surface area contributed by atoms with E-state index in [0.717, 1.165) is 24.6 Å². The highest BCUT2D eigenvalue weighted by Crippen LogP contribution is 2.24. The minimum atomic E-state index is -0.604. The second kappa shape index (κ2) is 6.47. The van der Waals surface area contributed by atoms with Crippen LogP contribution in [0.4, 0.5) is 0 Å². The van der Waals surface area contributed by atoms with Crippen molar-refractivity contribution >= 4 is 0 Å². The molecule has 0 spiro atoms. The van der Waals surface area contributed by atoms with Gasteiger partial charge >= 0.3 is 0 Å². The van der Waals surface area contributed by atoms with Crippen molar-refractivity contribution in [3.05, 3.63) is 47.8 Å². The van der Waals surface area contributed by atoms with Crippen molar-refractivity contribution in [1.29, 1.82) is 0 Å². The van der Waals surface area contributed by atoms with Gasteiger partial charge in [-0.05, 0) is 37.6 Å². The Hall–Kier alpha value is -1.56. The van der Waals surface area contributed by atoms with E-state index in [0.29, 0.717) is 25.4 Å². The Morgan fingerprint density at radius 3 is 3.00 bits per heavy atom. The predicted octanol–water partition coefficient (Wildman–Crippen LogP) is 2.51. The highest BCUT2D eigenvalue weighted by molar-refractivity contribution is 5.06. The molecule has 2 unspecified atom stereocenters. The number of morpholine rings is 1. The number of furan rings is 2. The molecular weight excluding hydrogens is 270 g/mol. The molecule has 0 saturated carbocycles. The first kappa shape index (κ1) is 14.4. The maximum Gasteiger partial charge on any atom is 0.132 e. The number of nitrogens with zero attached hydrogens (tertiary/aromatic N) is 1. The Labute approximate surface area is 124 Å². The fraction of sp³-hybridized carbons (Fsp3) is 0.500. The SMILES string of the molecule is Cc1ccc(CN2CCOCC2CC(O)c2ccco2)o1. The van der Waals surface area contributed by atoms with Gasteiger partial charge in [-0.15, -0.1) is 0 Å². The van der Waals surface area contributed by atoms with Crippen molar-refractivity contribution in [2.24, 2.45) is 0 Å². The molecule has 2 aromatic heterocycles. The van der Waals surface area contributed by atoms with E-state index < -0.39 is 6.10 Å². The van der Waals surface area contributed by atoms with E-state index in [9.17, 15) is 5.11 Å². The normalized spacial score (nSPS) is 21.5. The van der Waals surface area contributed by atoms with Crippen molar-refractivity contribution in [1.82, 2.24) is 4.90 Å². The van der Waals surface area contributed by atoms with E-state index in [2.05, 4.69) is 4.90 Å². The fourth-order valence-corrected chi connectivity index (χ4v) is 2.74. The first-order valence-corrected chi connectivity index (χ1v) is 7.31. The van der Waals surface area contributed by atoms with E-state index >= 15 is 0 Å². The third-order valence-corrected chi connectivity index (χ3v) is 3.87. The monoisotopic (exact) mass is 291 g/mol. The van der Waals surface area contributed by atoms with Gasteiger partial charge in [0.2, 0.25) is 0 Å². The van der Waals surface area contributed by atoms with E-state index in [-0.39, 0.29) is 6.04 Å². The number of aryl methyl sites for hydroxylation is 1. The Balaban J connectivity index is 1.63. The molecule has 1 aliphatic rings. The average Bonchev–Trinajstić information content (AvgIpc) is 3.13. The number of ether oxygens (including phenoxy) is 1. The van der Waals surface area contributed by atoms with Crippen LogP contribution >= 0.6 is 0 Å². The molecule has 5 nitrogen and oxygen atoms in total. The topological polar surface area (TPSA) is 59.0 Å². The Morgan fingerprint density at radius 2 is 2.29 bits per heavy atom. The van der Waals surface area contributed by atoms with Gasteiger partial charge in [0.15, 0.2) is 0 Å². The Kier molecular flexibility index (Phi) is 4.43. The van der Waals surface area contributed by atoms with Crippen LogP contribution in [-0.2, 0) is 11.3 Å². The van der Waals surface area contributed by atoms with E-state index in [4.69, 9.17) is 13.6 Å². The summed E-state index contributed by atoms with van der Waals surface area (Å²) in [6.07, 6.45) is 1.57. The lowest BCUT2D eigenvalue weighted by molar-refractivity contribution is -0.0346. The smallest absolute Gasteiger partial charge is 0.132 e. The minimum absolute atomic E-state index is 0.157. The molecule has 0 aromatic carbocycles. The third kappa shape index (κ3) is 3.56. The van der Waals surface area contributed by atoms with E-state index in [1.54, 1.807) is 18.4 Å². The van der Waals surface area contributed by atoms with Gasteiger partial charge in [-0.1, -0.05) is 0 Å². The molecule has 1 N–H and O–H groups in total. The van der Waals surface area contributed by atoms with Crippen molar-refractivity contribution in [3.8, 4) is 0 Å². The lowest BCUT2D eigenvalue weighted by atomic mass is 10.1. The van der Waals surface area contributed by atoms with Crippen LogP contribution in [-0.4, -0.2) is 35.8 Å². The summed E-state index contributed by atoms with van der Waals surface area (Å²) in [5, 5.41) is 10.3. The summed E-state index contributed by atoms with van der Waals surface area (Å²) < 4.78 is 16.5. The molecule has 5 heteroatoms. The van der Waals surface area contributed by atoms with Crippen LogP contribution in [0.25, 0.3) is 0 Å². The van der Waals surface area contributed by atoms with Gasteiger partial charge in [0, 0.05) is 12.6 Å². The van der Waals surface area contributed by atoms with Crippen LogP contribution in [0.3, 0.4) is 0 Å². The lowest BCUT2D eigenvalue weighted by Crippen LogP contribution is -2.45. The molecule has 114 valence electrons. The van der Waals surface area contributed by atoms with Gasteiger partial charge in [0.1, 0.15) is 23.4 Å². The maximum absolute atomic E-state index is 10.3. The first-order valence-electron chi connectivity index (χ1n) is 7.31. The first-order chi connectivity index (χ1) is 10.2. The number of hydrogen-bond donors (Lipinski definition) is 1. The number of aliphatic hydroxyl groups is 1. The minimum Gasteiger partial charge on any atom is -0.467 e. The van der Waals surface area contributed by atoms with Crippen molar-refractivity contribution in [3.63, 3.8) is 0 Å². The van der Waals surface area contributed by atoms with Crippen LogP contribution in [0.5, 0.6) is 0 Å². The standard InChI is InChI=1S/C16H21NO4/c1-12-4-5-14(21-12)10-17-6-8-19-11-13(17)9-15(18)16-3-2-7-20-16/h2-5,7,13,15,18H,6,8-11H2,1H3. The number of hydrogen-bond acceptors (Lipinski definition) is 5. The average molecular weight is 291 g/mol. The Morgan fingerprint density at radius 1 is 1.38 bits per heavy atom. The van der Waals surface area contributed by atoms with Crippen LogP contribution in [0.1, 0.15) is 29.8 Å². The van der Waals surface area contributed by atoms with Gasteiger partial charge in [-0.25, -0.2) is 0 Å². The van der Waals surface area contributed by atoms with Crippen molar-refractivity contribution < 1.29 is 18.7 Å². The molecule has 21 heavy (non-hydrogen) atoms. The second-order valence-corrected chi connectivity index (χ2v) is 5.48. The summed E-state index contributed by atoms with van der Waals surface area (Å²) in [7, 11) is 0. The molecule has 0 bridgehead atoms. The summed E-state index contributed by atoms with van der Waals surface area (Å²) in [5.41, 5.74) is 0. The number of aliphatic hydroxyl groups excluding tert-OH is 1. The molecule has 3 rings (SSSR count). The summed E-state index contributed by atoms with van der Waals surface area (Å²) in [4.78, 5) is 2.30. The molecule has 0 amide bonds. The fourth-order valence-electron chi connectivity index (χ4n) is 2.74. The molecule has 2 atom stereocenters. The van der Waals surface area contributed by atoms with Crippen LogP contribution in [0.2, 0.25) is 0 Å².